The molecule has 1 aromatic carbocycles. The van der Waals surface area contributed by atoms with Gasteiger partial charge in [-0.05, 0) is 36.8 Å². The number of benzene rings is 1. The van der Waals surface area contributed by atoms with E-state index in [0.717, 1.165) is 45.3 Å². The second kappa shape index (κ2) is 6.42. The first-order chi connectivity index (χ1) is 11.7. The second-order valence-electron chi connectivity index (χ2n) is 7.08. The van der Waals surface area contributed by atoms with Crippen molar-refractivity contribution < 1.29 is 9.59 Å². The van der Waals surface area contributed by atoms with Gasteiger partial charge in [-0.15, -0.1) is 0 Å². The summed E-state index contributed by atoms with van der Waals surface area (Å²) in [6.45, 7) is 2.44. The Morgan fingerprint density at radius 1 is 1.04 bits per heavy atom. The number of fused-ring (bicyclic) bond motifs is 1. The predicted molar refractivity (Wildman–Crippen MR) is 93.4 cm³/mol. The van der Waals surface area contributed by atoms with E-state index in [4.69, 9.17) is 0 Å². The summed E-state index contributed by atoms with van der Waals surface area (Å²) in [5.74, 6) is 0.439. The molecular weight excluding hydrogens is 300 g/mol. The van der Waals surface area contributed by atoms with Crippen molar-refractivity contribution in [2.45, 2.75) is 44.1 Å². The molecule has 2 fully saturated rings. The third-order valence-electron chi connectivity index (χ3n) is 5.57. The van der Waals surface area contributed by atoms with E-state index < -0.39 is 0 Å². The van der Waals surface area contributed by atoms with Gasteiger partial charge in [0.15, 0.2) is 0 Å². The second-order valence-corrected chi connectivity index (χ2v) is 7.08. The standard InChI is InChI=1S/C20H24N2O2/c23-19(14-16-10-9-15-6-1-2-7-17(15)16)22-13-5-8-18(22)20(24)21-11-3-4-12-21/h1-2,6-7,9-10,16,18H,3-5,8,11-14H2/t16?,18-/m0/s1. The largest absolute Gasteiger partial charge is 0.341 e. The summed E-state index contributed by atoms with van der Waals surface area (Å²) >= 11 is 0. The van der Waals surface area contributed by atoms with Crippen LogP contribution in [0.4, 0.5) is 0 Å². The smallest absolute Gasteiger partial charge is 0.245 e. The van der Waals surface area contributed by atoms with Crippen LogP contribution in [0.3, 0.4) is 0 Å². The van der Waals surface area contributed by atoms with Gasteiger partial charge in [0, 0.05) is 32.0 Å². The van der Waals surface area contributed by atoms with Crippen molar-refractivity contribution in [2.24, 2.45) is 0 Å². The molecule has 2 atom stereocenters. The molecule has 0 radical (unpaired) electrons. The fourth-order valence-corrected chi connectivity index (χ4v) is 4.28. The number of carbonyl (C=O) groups is 2. The molecule has 2 aliphatic heterocycles. The van der Waals surface area contributed by atoms with Gasteiger partial charge in [-0.1, -0.05) is 36.4 Å². The maximum absolute atomic E-state index is 12.9. The van der Waals surface area contributed by atoms with Crippen molar-refractivity contribution in [3.05, 3.63) is 41.5 Å². The molecule has 0 aromatic heterocycles. The Morgan fingerprint density at radius 2 is 1.83 bits per heavy atom. The number of rotatable bonds is 3. The summed E-state index contributed by atoms with van der Waals surface area (Å²) in [6, 6.07) is 8.02. The minimum Gasteiger partial charge on any atom is -0.341 e. The van der Waals surface area contributed by atoms with E-state index in [0.29, 0.717) is 6.42 Å². The first-order valence-electron chi connectivity index (χ1n) is 9.09. The highest BCUT2D eigenvalue weighted by Gasteiger charge is 2.37. The van der Waals surface area contributed by atoms with Gasteiger partial charge in [0.05, 0.1) is 0 Å². The molecule has 1 aliphatic carbocycles. The number of likely N-dealkylation sites (tertiary alicyclic amines) is 2. The van der Waals surface area contributed by atoms with E-state index >= 15 is 0 Å². The van der Waals surface area contributed by atoms with Crippen molar-refractivity contribution in [1.29, 1.82) is 0 Å². The van der Waals surface area contributed by atoms with Crippen molar-refractivity contribution in [3.8, 4) is 0 Å². The number of amides is 2. The van der Waals surface area contributed by atoms with Crippen LogP contribution < -0.4 is 0 Å². The summed E-state index contributed by atoms with van der Waals surface area (Å²) in [5, 5.41) is 0. The third-order valence-corrected chi connectivity index (χ3v) is 5.57. The Bertz CT molecular complexity index is 676. The highest BCUT2D eigenvalue weighted by molar-refractivity contribution is 5.89. The van der Waals surface area contributed by atoms with E-state index in [-0.39, 0.29) is 23.8 Å². The highest BCUT2D eigenvalue weighted by Crippen LogP contribution is 2.33. The molecule has 0 bridgehead atoms. The number of nitrogens with zero attached hydrogens (tertiary/aromatic N) is 2. The molecule has 1 aromatic rings. The fraction of sp³-hybridized carbons (Fsp3) is 0.500. The number of hydrogen-bond acceptors (Lipinski definition) is 2. The molecule has 2 amide bonds. The van der Waals surface area contributed by atoms with Crippen LogP contribution in [0, 0.1) is 0 Å². The van der Waals surface area contributed by atoms with Crippen LogP contribution in [-0.4, -0.2) is 47.3 Å². The summed E-state index contributed by atoms with van der Waals surface area (Å²) in [4.78, 5) is 29.4. The third kappa shape index (κ3) is 2.74. The Morgan fingerprint density at radius 3 is 2.67 bits per heavy atom. The SMILES string of the molecule is O=C([C@@H]1CCCN1C(=O)CC1C=Cc2ccccc21)N1CCCC1. The van der Waals surface area contributed by atoms with Crippen LogP contribution in [0.5, 0.6) is 0 Å². The zero-order valence-corrected chi connectivity index (χ0v) is 14.0. The summed E-state index contributed by atoms with van der Waals surface area (Å²) in [7, 11) is 0. The normalized spacial score (nSPS) is 25.3. The minimum absolute atomic E-state index is 0.122. The number of hydrogen-bond donors (Lipinski definition) is 0. The predicted octanol–water partition coefficient (Wildman–Crippen LogP) is 2.80. The van der Waals surface area contributed by atoms with E-state index in [1.54, 1.807) is 0 Å². The van der Waals surface area contributed by atoms with E-state index in [1.165, 1.54) is 11.1 Å². The van der Waals surface area contributed by atoms with Crippen LogP contribution in [-0.2, 0) is 9.59 Å². The van der Waals surface area contributed by atoms with Gasteiger partial charge in [-0.3, -0.25) is 9.59 Å². The van der Waals surface area contributed by atoms with Gasteiger partial charge in [-0.2, -0.15) is 0 Å². The van der Waals surface area contributed by atoms with Gasteiger partial charge < -0.3 is 9.80 Å². The van der Waals surface area contributed by atoms with Gasteiger partial charge >= 0.3 is 0 Å². The van der Waals surface area contributed by atoms with Crippen LogP contribution in [0.1, 0.15) is 49.1 Å². The first kappa shape index (κ1) is 15.4. The Balaban J connectivity index is 1.44. The van der Waals surface area contributed by atoms with Crippen LogP contribution in [0.2, 0.25) is 0 Å². The molecule has 3 aliphatic rings. The topological polar surface area (TPSA) is 40.6 Å². The van der Waals surface area contributed by atoms with Gasteiger partial charge in [0.2, 0.25) is 11.8 Å². The summed E-state index contributed by atoms with van der Waals surface area (Å²) < 4.78 is 0. The Hall–Kier alpha value is -2.10. The van der Waals surface area contributed by atoms with Crippen LogP contribution in [0.15, 0.2) is 30.3 Å². The molecule has 4 heteroatoms. The van der Waals surface area contributed by atoms with Crippen molar-refractivity contribution in [2.75, 3.05) is 19.6 Å². The lowest BCUT2D eigenvalue weighted by molar-refractivity contribution is -0.143. The van der Waals surface area contributed by atoms with Crippen LogP contribution in [0.25, 0.3) is 6.08 Å². The number of carbonyl (C=O) groups excluding carboxylic acids is 2. The molecule has 4 nitrogen and oxygen atoms in total. The van der Waals surface area contributed by atoms with E-state index in [1.807, 2.05) is 21.9 Å². The maximum atomic E-state index is 12.9. The van der Waals surface area contributed by atoms with Crippen molar-refractivity contribution in [3.63, 3.8) is 0 Å². The molecule has 24 heavy (non-hydrogen) atoms. The molecule has 0 N–H and O–H groups in total. The molecule has 0 spiro atoms. The quantitative estimate of drug-likeness (QED) is 0.858. The zero-order chi connectivity index (χ0) is 16.5. The fourth-order valence-electron chi connectivity index (χ4n) is 4.28. The van der Waals surface area contributed by atoms with Crippen LogP contribution >= 0.6 is 0 Å². The molecule has 0 saturated carbocycles. The van der Waals surface area contributed by atoms with E-state index in [9.17, 15) is 9.59 Å². The average molecular weight is 324 g/mol. The zero-order valence-electron chi connectivity index (χ0n) is 14.0. The average Bonchev–Trinajstić information content (AvgIpc) is 3.35. The lowest BCUT2D eigenvalue weighted by Gasteiger charge is -2.28. The summed E-state index contributed by atoms with van der Waals surface area (Å²) in [5.41, 5.74) is 2.44. The molecule has 2 saturated heterocycles. The van der Waals surface area contributed by atoms with Gasteiger partial charge in [-0.25, -0.2) is 0 Å². The Kier molecular flexibility index (Phi) is 4.13. The molecule has 126 valence electrons. The maximum Gasteiger partial charge on any atom is 0.245 e. The molecule has 2 heterocycles. The van der Waals surface area contributed by atoms with Crippen molar-refractivity contribution in [1.82, 2.24) is 9.80 Å². The lowest BCUT2D eigenvalue weighted by atomic mass is 9.97. The highest BCUT2D eigenvalue weighted by atomic mass is 16.2. The van der Waals surface area contributed by atoms with E-state index in [2.05, 4.69) is 24.3 Å². The first-order valence-corrected chi connectivity index (χ1v) is 9.09. The molecule has 4 rings (SSSR count). The summed E-state index contributed by atoms with van der Waals surface area (Å²) in [6.07, 6.45) is 8.63. The number of allylic oxidation sites excluding steroid dienone is 1. The molecule has 1 unspecified atom stereocenters. The van der Waals surface area contributed by atoms with Gasteiger partial charge in [0.25, 0.3) is 0 Å². The lowest BCUT2D eigenvalue weighted by Crippen LogP contribution is -2.47. The Labute approximate surface area is 143 Å². The minimum atomic E-state index is -0.226. The van der Waals surface area contributed by atoms with Gasteiger partial charge in [0.1, 0.15) is 6.04 Å². The monoisotopic (exact) mass is 324 g/mol. The molecular formula is C20H24N2O2. The van der Waals surface area contributed by atoms with Crippen molar-refractivity contribution >= 4 is 17.9 Å².